The summed E-state index contributed by atoms with van der Waals surface area (Å²) in [5.74, 6) is -0.801. The van der Waals surface area contributed by atoms with Gasteiger partial charge in [-0.15, -0.1) is 0 Å². The average molecular weight is 246 g/mol. The highest BCUT2D eigenvalue weighted by molar-refractivity contribution is 5.99. The van der Waals surface area contributed by atoms with Gasteiger partial charge in [-0.2, -0.15) is 0 Å². The fourth-order valence-corrected chi connectivity index (χ4v) is 1.68. The van der Waals surface area contributed by atoms with Crippen LogP contribution in [-0.4, -0.2) is 30.5 Å². The summed E-state index contributed by atoms with van der Waals surface area (Å²) in [6, 6.07) is 7.64. The molecule has 0 aliphatic rings. The lowest BCUT2D eigenvalue weighted by Crippen LogP contribution is -2.30. The Hall–Kier alpha value is -2.30. The molecule has 2 aromatic rings. The van der Waals surface area contributed by atoms with Crippen molar-refractivity contribution < 1.29 is 14.3 Å². The molecule has 0 saturated heterocycles. The Bertz CT molecular complexity index is 601. The summed E-state index contributed by atoms with van der Waals surface area (Å²) in [5, 5.41) is 3.44. The molecule has 1 amide bonds. The van der Waals surface area contributed by atoms with Crippen LogP contribution in [-0.2, 0) is 9.53 Å². The Morgan fingerprint density at radius 1 is 1.33 bits per heavy atom. The van der Waals surface area contributed by atoms with E-state index in [2.05, 4.69) is 15.0 Å². The van der Waals surface area contributed by atoms with Gasteiger partial charge in [-0.25, -0.2) is 0 Å². The Morgan fingerprint density at radius 2 is 2.11 bits per heavy atom. The van der Waals surface area contributed by atoms with Gasteiger partial charge in [-0.3, -0.25) is 9.59 Å². The molecule has 0 aliphatic heterocycles. The standard InChI is InChI=1S/C13H14N2O3/c1-8-3-4-9-6-11(15-10(9)5-8)13(17)14-7-12(16)18-2/h3-6,15H,7H2,1-2H3,(H,14,17). The number of hydrogen-bond acceptors (Lipinski definition) is 3. The lowest BCUT2D eigenvalue weighted by molar-refractivity contribution is -0.139. The van der Waals surface area contributed by atoms with Crippen LogP contribution in [0.15, 0.2) is 24.3 Å². The maximum atomic E-state index is 11.8. The van der Waals surface area contributed by atoms with Gasteiger partial charge >= 0.3 is 5.97 Å². The highest BCUT2D eigenvalue weighted by Gasteiger charge is 2.10. The summed E-state index contributed by atoms with van der Waals surface area (Å²) in [6.07, 6.45) is 0. The average Bonchev–Trinajstić information content (AvgIpc) is 2.78. The lowest BCUT2D eigenvalue weighted by atomic mass is 10.2. The number of hydrogen-bond donors (Lipinski definition) is 2. The first-order valence-corrected chi connectivity index (χ1v) is 5.54. The second kappa shape index (κ2) is 4.91. The predicted octanol–water partition coefficient (Wildman–Crippen LogP) is 1.38. The topological polar surface area (TPSA) is 71.2 Å². The lowest BCUT2D eigenvalue weighted by Gasteiger charge is -2.01. The van der Waals surface area contributed by atoms with E-state index in [4.69, 9.17) is 0 Å². The summed E-state index contributed by atoms with van der Waals surface area (Å²) in [4.78, 5) is 25.7. The Morgan fingerprint density at radius 3 is 2.83 bits per heavy atom. The Kier molecular flexibility index (Phi) is 3.32. The van der Waals surface area contributed by atoms with E-state index in [-0.39, 0.29) is 12.5 Å². The van der Waals surface area contributed by atoms with E-state index in [1.165, 1.54) is 7.11 Å². The first-order valence-electron chi connectivity index (χ1n) is 5.54. The third-order valence-corrected chi connectivity index (χ3v) is 2.64. The molecule has 0 atom stereocenters. The number of nitrogens with one attached hydrogen (secondary N) is 2. The third kappa shape index (κ3) is 2.51. The maximum absolute atomic E-state index is 11.8. The number of methoxy groups -OCH3 is 1. The van der Waals surface area contributed by atoms with Crippen molar-refractivity contribution in [2.45, 2.75) is 6.92 Å². The van der Waals surface area contributed by atoms with Gasteiger partial charge in [0.1, 0.15) is 12.2 Å². The normalized spacial score (nSPS) is 10.3. The van der Waals surface area contributed by atoms with Crippen molar-refractivity contribution in [3.8, 4) is 0 Å². The zero-order valence-electron chi connectivity index (χ0n) is 10.2. The van der Waals surface area contributed by atoms with Gasteiger partial charge < -0.3 is 15.0 Å². The molecule has 2 rings (SSSR count). The zero-order valence-corrected chi connectivity index (χ0v) is 10.2. The van der Waals surface area contributed by atoms with Crippen LogP contribution >= 0.6 is 0 Å². The number of rotatable bonds is 3. The Labute approximate surface area is 104 Å². The van der Waals surface area contributed by atoms with Gasteiger partial charge in [0.15, 0.2) is 0 Å². The van der Waals surface area contributed by atoms with Gasteiger partial charge in [-0.05, 0) is 24.6 Å². The van der Waals surface area contributed by atoms with E-state index in [1.54, 1.807) is 6.07 Å². The molecular formula is C13H14N2O3. The van der Waals surface area contributed by atoms with E-state index in [1.807, 2.05) is 25.1 Å². The fourth-order valence-electron chi connectivity index (χ4n) is 1.68. The summed E-state index contributed by atoms with van der Waals surface area (Å²) in [5.41, 5.74) is 2.45. The van der Waals surface area contributed by atoms with Crippen LogP contribution in [0.5, 0.6) is 0 Å². The van der Waals surface area contributed by atoms with Gasteiger partial charge in [0.05, 0.1) is 7.11 Å². The number of carbonyl (C=O) groups is 2. The summed E-state index contributed by atoms with van der Waals surface area (Å²) >= 11 is 0. The smallest absolute Gasteiger partial charge is 0.325 e. The number of aromatic nitrogens is 1. The molecule has 18 heavy (non-hydrogen) atoms. The van der Waals surface area contributed by atoms with Crippen molar-refractivity contribution in [3.63, 3.8) is 0 Å². The number of benzene rings is 1. The van der Waals surface area contributed by atoms with Gasteiger partial charge in [0.25, 0.3) is 5.91 Å². The van der Waals surface area contributed by atoms with E-state index in [9.17, 15) is 9.59 Å². The molecule has 0 fully saturated rings. The van der Waals surface area contributed by atoms with Crippen molar-refractivity contribution >= 4 is 22.8 Å². The van der Waals surface area contributed by atoms with Crippen LogP contribution < -0.4 is 5.32 Å². The van der Waals surface area contributed by atoms with Crippen molar-refractivity contribution in [2.75, 3.05) is 13.7 Å². The number of ether oxygens (including phenoxy) is 1. The van der Waals surface area contributed by atoms with Crippen LogP contribution in [0.4, 0.5) is 0 Å². The number of esters is 1. The zero-order chi connectivity index (χ0) is 13.1. The highest BCUT2D eigenvalue weighted by atomic mass is 16.5. The quantitative estimate of drug-likeness (QED) is 0.804. The number of aromatic amines is 1. The first kappa shape index (κ1) is 12.2. The molecular weight excluding hydrogens is 232 g/mol. The van der Waals surface area contributed by atoms with Crippen LogP contribution in [0.3, 0.4) is 0 Å². The molecule has 0 saturated carbocycles. The minimum absolute atomic E-state index is 0.135. The monoisotopic (exact) mass is 246 g/mol. The van der Waals surface area contributed by atoms with Crippen LogP contribution in [0.1, 0.15) is 16.1 Å². The van der Waals surface area contributed by atoms with Gasteiger partial charge in [0.2, 0.25) is 0 Å². The second-order valence-corrected chi connectivity index (χ2v) is 4.03. The third-order valence-electron chi connectivity index (χ3n) is 2.64. The van der Waals surface area contributed by atoms with Crippen molar-refractivity contribution in [2.24, 2.45) is 0 Å². The molecule has 1 heterocycles. The molecule has 0 unspecified atom stereocenters. The van der Waals surface area contributed by atoms with Crippen LogP contribution in [0, 0.1) is 6.92 Å². The second-order valence-electron chi connectivity index (χ2n) is 4.03. The molecule has 1 aromatic carbocycles. The number of amides is 1. The van der Waals surface area contributed by atoms with E-state index >= 15 is 0 Å². The minimum Gasteiger partial charge on any atom is -0.468 e. The molecule has 5 heteroatoms. The Balaban J connectivity index is 2.15. The maximum Gasteiger partial charge on any atom is 0.325 e. The summed E-state index contributed by atoms with van der Waals surface area (Å²) < 4.78 is 4.45. The van der Waals surface area contributed by atoms with Crippen molar-refractivity contribution in [1.29, 1.82) is 0 Å². The fraction of sp³-hybridized carbons (Fsp3) is 0.231. The van der Waals surface area contributed by atoms with E-state index < -0.39 is 5.97 Å². The summed E-state index contributed by atoms with van der Waals surface area (Å²) in [6.45, 7) is 1.85. The van der Waals surface area contributed by atoms with E-state index in [0.29, 0.717) is 5.69 Å². The molecule has 0 radical (unpaired) electrons. The van der Waals surface area contributed by atoms with Crippen LogP contribution in [0.2, 0.25) is 0 Å². The first-order chi connectivity index (χ1) is 8.60. The largest absolute Gasteiger partial charge is 0.468 e. The van der Waals surface area contributed by atoms with Crippen LogP contribution in [0.25, 0.3) is 10.9 Å². The predicted molar refractivity (Wildman–Crippen MR) is 67.4 cm³/mol. The van der Waals surface area contributed by atoms with Crippen molar-refractivity contribution in [1.82, 2.24) is 10.3 Å². The number of aryl methyl sites for hydroxylation is 1. The van der Waals surface area contributed by atoms with Gasteiger partial charge in [-0.1, -0.05) is 12.1 Å². The summed E-state index contributed by atoms with van der Waals surface area (Å²) in [7, 11) is 1.28. The molecule has 1 aromatic heterocycles. The SMILES string of the molecule is COC(=O)CNC(=O)c1cc2ccc(C)cc2[nH]1. The number of H-pyrrole nitrogens is 1. The highest BCUT2D eigenvalue weighted by Crippen LogP contribution is 2.16. The molecule has 0 aliphatic carbocycles. The number of fused-ring (bicyclic) bond motifs is 1. The van der Waals surface area contributed by atoms with Crippen molar-refractivity contribution in [3.05, 3.63) is 35.5 Å². The minimum atomic E-state index is -0.477. The molecule has 0 bridgehead atoms. The molecule has 5 nitrogen and oxygen atoms in total. The van der Waals surface area contributed by atoms with Gasteiger partial charge in [0, 0.05) is 10.9 Å². The molecule has 94 valence electrons. The molecule has 0 spiro atoms. The number of carbonyl (C=O) groups excluding carboxylic acids is 2. The molecule has 2 N–H and O–H groups in total. The van der Waals surface area contributed by atoms with E-state index in [0.717, 1.165) is 16.5 Å².